The summed E-state index contributed by atoms with van der Waals surface area (Å²) < 4.78 is 5.33. The van der Waals surface area contributed by atoms with Gasteiger partial charge in [0.1, 0.15) is 12.2 Å². The monoisotopic (exact) mass is 312 g/mol. The van der Waals surface area contributed by atoms with Gasteiger partial charge in [-0.25, -0.2) is 4.79 Å². The maximum Gasteiger partial charge on any atom is 0.410 e. The maximum atomic E-state index is 12.1. The van der Waals surface area contributed by atoms with Crippen molar-refractivity contribution in [3.63, 3.8) is 0 Å². The number of nitrogens with zero attached hydrogens (tertiary/aromatic N) is 2. The van der Waals surface area contributed by atoms with Crippen molar-refractivity contribution in [3.8, 4) is 0 Å². The summed E-state index contributed by atoms with van der Waals surface area (Å²) in [4.78, 5) is 18.0. The molecule has 0 spiro atoms. The lowest BCUT2D eigenvalue weighted by atomic mass is 9.88. The van der Waals surface area contributed by atoms with E-state index in [2.05, 4.69) is 4.98 Å². The van der Waals surface area contributed by atoms with Gasteiger partial charge in [0.05, 0.1) is 5.69 Å². The molecule has 5 heteroatoms. The van der Waals surface area contributed by atoms with Gasteiger partial charge in [-0.1, -0.05) is 36.4 Å². The zero-order valence-corrected chi connectivity index (χ0v) is 12.9. The van der Waals surface area contributed by atoms with Crippen LogP contribution in [0.2, 0.25) is 0 Å². The van der Waals surface area contributed by atoms with Gasteiger partial charge in [0.15, 0.2) is 0 Å². The van der Waals surface area contributed by atoms with Crippen LogP contribution in [0.1, 0.15) is 24.1 Å². The van der Waals surface area contributed by atoms with E-state index < -0.39 is 5.60 Å². The number of hydrogen-bond donors (Lipinski definition) is 1. The highest BCUT2D eigenvalue weighted by Gasteiger charge is 2.36. The molecule has 2 aromatic rings. The maximum absolute atomic E-state index is 12.1. The van der Waals surface area contributed by atoms with Crippen LogP contribution in [0.3, 0.4) is 0 Å². The van der Waals surface area contributed by atoms with E-state index in [0.29, 0.717) is 31.6 Å². The normalized spacial score (nSPS) is 16.8. The molecule has 0 atom stereocenters. The molecule has 0 radical (unpaired) electrons. The topological polar surface area (TPSA) is 62.7 Å². The average molecular weight is 312 g/mol. The highest BCUT2D eigenvalue weighted by molar-refractivity contribution is 5.67. The fourth-order valence-electron chi connectivity index (χ4n) is 2.76. The molecule has 120 valence electrons. The van der Waals surface area contributed by atoms with Crippen molar-refractivity contribution in [1.82, 2.24) is 9.88 Å². The van der Waals surface area contributed by atoms with Gasteiger partial charge in [-0.3, -0.25) is 4.98 Å². The van der Waals surface area contributed by atoms with Gasteiger partial charge in [0.25, 0.3) is 0 Å². The molecule has 1 aliphatic heterocycles. The van der Waals surface area contributed by atoms with Crippen molar-refractivity contribution in [2.24, 2.45) is 0 Å². The Balaban J connectivity index is 1.53. The molecule has 0 unspecified atom stereocenters. The van der Waals surface area contributed by atoms with Crippen LogP contribution in [0.15, 0.2) is 54.7 Å². The number of benzene rings is 1. The van der Waals surface area contributed by atoms with E-state index >= 15 is 0 Å². The molecule has 2 heterocycles. The summed E-state index contributed by atoms with van der Waals surface area (Å²) in [6.07, 6.45) is 2.26. The summed E-state index contributed by atoms with van der Waals surface area (Å²) in [5.41, 5.74) is 0.664. The predicted molar refractivity (Wildman–Crippen MR) is 85.6 cm³/mol. The molecule has 0 aliphatic carbocycles. The Kier molecular flexibility index (Phi) is 4.57. The number of rotatable bonds is 3. The molecule has 0 bridgehead atoms. The summed E-state index contributed by atoms with van der Waals surface area (Å²) in [7, 11) is 0. The zero-order chi connectivity index (χ0) is 16.1. The molecule has 1 amide bonds. The number of ether oxygens (including phenoxy) is 1. The first kappa shape index (κ1) is 15.5. The molecule has 1 saturated heterocycles. The van der Waals surface area contributed by atoms with Crippen LogP contribution in [0.4, 0.5) is 4.79 Å². The average Bonchev–Trinajstić information content (AvgIpc) is 2.62. The Labute approximate surface area is 135 Å². The Morgan fingerprint density at radius 3 is 2.48 bits per heavy atom. The third-order valence-corrected chi connectivity index (χ3v) is 4.20. The summed E-state index contributed by atoms with van der Waals surface area (Å²) in [5.74, 6) is 0. The summed E-state index contributed by atoms with van der Waals surface area (Å²) in [5, 5.41) is 10.7. The van der Waals surface area contributed by atoms with E-state index in [-0.39, 0.29) is 12.7 Å². The molecular formula is C18H20N2O3. The Morgan fingerprint density at radius 1 is 1.13 bits per heavy atom. The lowest BCUT2D eigenvalue weighted by Gasteiger charge is -2.37. The number of hydrogen-bond acceptors (Lipinski definition) is 4. The van der Waals surface area contributed by atoms with Gasteiger partial charge in [-0.2, -0.15) is 0 Å². The number of piperidine rings is 1. The van der Waals surface area contributed by atoms with Gasteiger partial charge < -0.3 is 14.7 Å². The highest BCUT2D eigenvalue weighted by Crippen LogP contribution is 2.31. The van der Waals surface area contributed by atoms with Gasteiger partial charge in [0.2, 0.25) is 0 Å². The lowest BCUT2D eigenvalue weighted by molar-refractivity contribution is -0.0286. The van der Waals surface area contributed by atoms with E-state index in [4.69, 9.17) is 4.74 Å². The smallest absolute Gasteiger partial charge is 0.410 e. The van der Waals surface area contributed by atoms with Crippen LogP contribution >= 0.6 is 0 Å². The zero-order valence-electron chi connectivity index (χ0n) is 12.9. The molecule has 1 aromatic heterocycles. The lowest BCUT2D eigenvalue weighted by Crippen LogP contribution is -2.45. The summed E-state index contributed by atoms with van der Waals surface area (Å²) in [6.45, 7) is 1.18. The van der Waals surface area contributed by atoms with Crippen LogP contribution < -0.4 is 0 Å². The Bertz CT molecular complexity index is 638. The molecule has 5 nitrogen and oxygen atoms in total. The third-order valence-electron chi connectivity index (χ3n) is 4.20. The van der Waals surface area contributed by atoms with Crippen molar-refractivity contribution in [1.29, 1.82) is 0 Å². The standard InChI is InChI=1S/C18H20N2O3/c21-17(23-14-15-6-2-1-3-7-15)20-12-9-18(22,10-13-20)16-8-4-5-11-19-16/h1-8,11,22H,9-10,12-14H2. The molecule has 1 aromatic carbocycles. The number of likely N-dealkylation sites (tertiary alicyclic amines) is 1. The Hall–Kier alpha value is -2.40. The fraction of sp³-hybridized carbons (Fsp3) is 0.333. The van der Waals surface area contributed by atoms with Gasteiger partial charge in [0, 0.05) is 19.3 Å². The van der Waals surface area contributed by atoms with E-state index in [1.165, 1.54) is 0 Å². The molecule has 3 rings (SSSR count). The van der Waals surface area contributed by atoms with E-state index in [0.717, 1.165) is 5.56 Å². The molecule has 1 fully saturated rings. The minimum Gasteiger partial charge on any atom is -0.445 e. The fourth-order valence-corrected chi connectivity index (χ4v) is 2.76. The van der Waals surface area contributed by atoms with Crippen molar-refractivity contribution in [3.05, 3.63) is 66.0 Å². The van der Waals surface area contributed by atoms with Crippen molar-refractivity contribution in [2.45, 2.75) is 25.0 Å². The second kappa shape index (κ2) is 6.79. The first-order valence-electron chi connectivity index (χ1n) is 7.77. The van der Waals surface area contributed by atoms with Gasteiger partial charge >= 0.3 is 6.09 Å². The second-order valence-corrected chi connectivity index (χ2v) is 5.77. The van der Waals surface area contributed by atoms with Crippen LogP contribution in [-0.4, -0.2) is 34.2 Å². The van der Waals surface area contributed by atoms with Gasteiger partial charge in [-0.15, -0.1) is 0 Å². The molecular weight excluding hydrogens is 292 g/mol. The Morgan fingerprint density at radius 2 is 1.83 bits per heavy atom. The van der Waals surface area contributed by atoms with Crippen molar-refractivity contribution < 1.29 is 14.6 Å². The van der Waals surface area contributed by atoms with Gasteiger partial charge in [-0.05, 0) is 30.5 Å². The third kappa shape index (κ3) is 3.68. The number of pyridine rings is 1. The van der Waals surface area contributed by atoms with Crippen molar-refractivity contribution >= 4 is 6.09 Å². The van der Waals surface area contributed by atoms with Crippen molar-refractivity contribution in [2.75, 3.05) is 13.1 Å². The number of carbonyl (C=O) groups is 1. The van der Waals surface area contributed by atoms with Crippen LogP contribution in [0.25, 0.3) is 0 Å². The molecule has 1 N–H and O–H groups in total. The minimum absolute atomic E-state index is 0.265. The quantitative estimate of drug-likeness (QED) is 0.946. The second-order valence-electron chi connectivity index (χ2n) is 5.77. The predicted octanol–water partition coefficient (Wildman–Crippen LogP) is 2.70. The molecule has 1 aliphatic rings. The number of aromatic nitrogens is 1. The van der Waals surface area contributed by atoms with E-state index in [1.54, 1.807) is 11.1 Å². The summed E-state index contributed by atoms with van der Waals surface area (Å²) >= 11 is 0. The minimum atomic E-state index is -0.961. The number of carbonyl (C=O) groups excluding carboxylic acids is 1. The first-order chi connectivity index (χ1) is 11.2. The number of amides is 1. The SMILES string of the molecule is O=C(OCc1ccccc1)N1CCC(O)(c2ccccn2)CC1. The molecule has 23 heavy (non-hydrogen) atoms. The van der Waals surface area contributed by atoms with Crippen LogP contribution in [0.5, 0.6) is 0 Å². The first-order valence-corrected chi connectivity index (χ1v) is 7.77. The highest BCUT2D eigenvalue weighted by atomic mass is 16.6. The van der Waals surface area contributed by atoms with Crippen LogP contribution in [0, 0.1) is 0 Å². The largest absolute Gasteiger partial charge is 0.445 e. The number of aliphatic hydroxyl groups is 1. The van der Waals surface area contributed by atoms with E-state index in [9.17, 15) is 9.90 Å². The van der Waals surface area contributed by atoms with Crippen LogP contribution in [-0.2, 0) is 16.9 Å². The molecule has 0 saturated carbocycles. The van der Waals surface area contributed by atoms with E-state index in [1.807, 2.05) is 48.5 Å². The summed E-state index contributed by atoms with van der Waals surface area (Å²) in [6, 6.07) is 15.1.